The molecule has 0 aromatic carbocycles. The van der Waals surface area contributed by atoms with E-state index in [2.05, 4.69) is 6.92 Å². The monoisotopic (exact) mass is 227 g/mol. The molecule has 16 heavy (non-hydrogen) atoms. The molecule has 0 amide bonds. The lowest BCUT2D eigenvalue weighted by molar-refractivity contribution is -0.142. The van der Waals surface area contributed by atoms with Crippen molar-refractivity contribution >= 4 is 5.97 Å². The van der Waals surface area contributed by atoms with E-state index in [0.717, 1.165) is 5.92 Å². The third-order valence-electron chi connectivity index (χ3n) is 3.97. The van der Waals surface area contributed by atoms with E-state index in [1.54, 1.807) is 0 Å². The number of esters is 1. The Morgan fingerprint density at radius 3 is 2.38 bits per heavy atom. The lowest BCUT2D eigenvalue weighted by Crippen LogP contribution is -2.36. The summed E-state index contributed by atoms with van der Waals surface area (Å²) in [5, 5.41) is 0. The summed E-state index contributed by atoms with van der Waals surface area (Å²) in [6.45, 7) is 4.31. The van der Waals surface area contributed by atoms with Crippen LogP contribution in [0.15, 0.2) is 0 Å². The van der Waals surface area contributed by atoms with Crippen LogP contribution in [0.3, 0.4) is 0 Å². The largest absolute Gasteiger partial charge is 0.469 e. The van der Waals surface area contributed by atoms with Gasteiger partial charge in [0.25, 0.3) is 0 Å². The van der Waals surface area contributed by atoms with Gasteiger partial charge in [-0.05, 0) is 37.5 Å². The molecule has 2 atom stereocenters. The van der Waals surface area contributed by atoms with Crippen molar-refractivity contribution < 1.29 is 9.53 Å². The molecule has 3 nitrogen and oxygen atoms in total. The highest BCUT2D eigenvalue weighted by Gasteiger charge is 2.30. The lowest BCUT2D eigenvalue weighted by atomic mass is 9.73. The summed E-state index contributed by atoms with van der Waals surface area (Å²) in [6, 6.07) is 0.0810. The van der Waals surface area contributed by atoms with Gasteiger partial charge in [-0.1, -0.05) is 19.8 Å². The predicted molar refractivity (Wildman–Crippen MR) is 64.9 cm³/mol. The van der Waals surface area contributed by atoms with Gasteiger partial charge in [-0.3, -0.25) is 4.79 Å². The van der Waals surface area contributed by atoms with E-state index in [-0.39, 0.29) is 12.0 Å². The summed E-state index contributed by atoms with van der Waals surface area (Å²) < 4.78 is 4.75. The average molecular weight is 227 g/mol. The molecule has 1 saturated carbocycles. The molecule has 0 heterocycles. The Kier molecular flexibility index (Phi) is 5.26. The summed E-state index contributed by atoms with van der Waals surface area (Å²) >= 11 is 0. The number of methoxy groups -OCH3 is 1. The topological polar surface area (TPSA) is 52.3 Å². The smallest absolute Gasteiger partial charge is 0.305 e. The van der Waals surface area contributed by atoms with Gasteiger partial charge in [-0.15, -0.1) is 0 Å². The first kappa shape index (κ1) is 13.5. The Morgan fingerprint density at radius 2 is 1.94 bits per heavy atom. The molecule has 0 aliphatic heterocycles. The Balaban J connectivity index is 2.52. The highest BCUT2D eigenvalue weighted by atomic mass is 16.5. The maximum absolute atomic E-state index is 11.4. The van der Waals surface area contributed by atoms with Crippen LogP contribution in [0.5, 0.6) is 0 Å². The second-order valence-corrected chi connectivity index (χ2v) is 5.32. The van der Waals surface area contributed by atoms with Gasteiger partial charge in [-0.25, -0.2) is 0 Å². The van der Waals surface area contributed by atoms with Gasteiger partial charge < -0.3 is 10.5 Å². The highest BCUT2D eigenvalue weighted by molar-refractivity contribution is 5.69. The summed E-state index contributed by atoms with van der Waals surface area (Å²) in [5.74, 6) is 1.61. The van der Waals surface area contributed by atoms with Crippen LogP contribution in [0.2, 0.25) is 0 Å². The average Bonchev–Trinajstić information content (AvgIpc) is 2.26. The zero-order valence-corrected chi connectivity index (χ0v) is 10.7. The normalized spacial score (nSPS) is 29.5. The quantitative estimate of drug-likeness (QED) is 0.750. The zero-order valence-electron chi connectivity index (χ0n) is 10.7. The van der Waals surface area contributed by atoms with Crippen LogP contribution in [0.25, 0.3) is 0 Å². The van der Waals surface area contributed by atoms with Gasteiger partial charge >= 0.3 is 5.97 Å². The second kappa shape index (κ2) is 6.24. The molecule has 0 aromatic heterocycles. The Hall–Kier alpha value is -0.570. The fourth-order valence-electron chi connectivity index (χ4n) is 2.77. The molecular formula is C13H25NO2. The first-order valence-corrected chi connectivity index (χ1v) is 6.37. The van der Waals surface area contributed by atoms with E-state index in [1.165, 1.54) is 32.8 Å². The summed E-state index contributed by atoms with van der Waals surface area (Å²) in [7, 11) is 1.45. The maximum atomic E-state index is 11.4. The molecule has 1 aliphatic carbocycles. The van der Waals surface area contributed by atoms with Crippen molar-refractivity contribution in [1.82, 2.24) is 0 Å². The molecule has 0 radical (unpaired) electrons. The Morgan fingerprint density at radius 1 is 1.38 bits per heavy atom. The first-order chi connectivity index (χ1) is 7.54. The van der Waals surface area contributed by atoms with Gasteiger partial charge in [0.05, 0.1) is 13.5 Å². The van der Waals surface area contributed by atoms with Gasteiger partial charge in [0.2, 0.25) is 0 Å². The standard InChI is InChI=1S/C13H25NO2/c1-9-4-6-11(7-5-9)12(10(2)14)8-13(15)16-3/h9-12H,4-8,14H2,1-3H3. The van der Waals surface area contributed by atoms with Crippen LogP contribution in [-0.4, -0.2) is 19.1 Å². The molecule has 0 spiro atoms. The molecule has 1 fully saturated rings. The molecule has 0 bridgehead atoms. The number of rotatable bonds is 4. The van der Waals surface area contributed by atoms with E-state index >= 15 is 0 Å². The van der Waals surface area contributed by atoms with Crippen LogP contribution in [0.4, 0.5) is 0 Å². The Bertz CT molecular complexity index is 220. The summed E-state index contributed by atoms with van der Waals surface area (Å²) in [5.41, 5.74) is 6.00. The lowest BCUT2D eigenvalue weighted by Gasteiger charge is -2.34. The van der Waals surface area contributed by atoms with Crippen molar-refractivity contribution in [3.05, 3.63) is 0 Å². The molecular weight excluding hydrogens is 202 g/mol. The van der Waals surface area contributed by atoms with Crippen LogP contribution in [-0.2, 0) is 9.53 Å². The van der Waals surface area contributed by atoms with Crippen molar-refractivity contribution in [1.29, 1.82) is 0 Å². The van der Waals surface area contributed by atoms with Crippen LogP contribution in [0, 0.1) is 17.8 Å². The third kappa shape index (κ3) is 3.78. The minimum atomic E-state index is -0.124. The van der Waals surface area contributed by atoms with Crippen LogP contribution >= 0.6 is 0 Å². The van der Waals surface area contributed by atoms with Crippen molar-refractivity contribution in [3.8, 4) is 0 Å². The maximum Gasteiger partial charge on any atom is 0.305 e. The molecule has 94 valence electrons. The summed E-state index contributed by atoms with van der Waals surface area (Å²) in [4.78, 5) is 11.4. The van der Waals surface area contributed by atoms with E-state index in [0.29, 0.717) is 18.3 Å². The number of hydrogen-bond donors (Lipinski definition) is 1. The van der Waals surface area contributed by atoms with Gasteiger partial charge in [0, 0.05) is 6.04 Å². The van der Waals surface area contributed by atoms with Crippen molar-refractivity contribution in [2.24, 2.45) is 23.5 Å². The van der Waals surface area contributed by atoms with Crippen molar-refractivity contribution in [2.45, 2.75) is 52.0 Å². The Labute approximate surface area is 98.7 Å². The highest BCUT2D eigenvalue weighted by Crippen LogP contribution is 2.35. The molecule has 1 aliphatic rings. The summed E-state index contributed by atoms with van der Waals surface area (Å²) in [6.07, 6.45) is 5.45. The molecule has 3 heteroatoms. The predicted octanol–water partition coefficient (Wildman–Crippen LogP) is 2.34. The number of ether oxygens (including phenoxy) is 1. The van der Waals surface area contributed by atoms with Gasteiger partial charge in [-0.2, -0.15) is 0 Å². The van der Waals surface area contributed by atoms with Crippen molar-refractivity contribution in [2.75, 3.05) is 7.11 Å². The van der Waals surface area contributed by atoms with E-state index < -0.39 is 0 Å². The fraction of sp³-hybridized carbons (Fsp3) is 0.923. The molecule has 0 aromatic rings. The molecule has 2 unspecified atom stereocenters. The molecule has 0 saturated heterocycles. The molecule has 2 N–H and O–H groups in total. The van der Waals surface area contributed by atoms with Crippen LogP contribution in [0.1, 0.15) is 46.0 Å². The van der Waals surface area contributed by atoms with E-state index in [9.17, 15) is 4.79 Å². The third-order valence-corrected chi connectivity index (χ3v) is 3.97. The SMILES string of the molecule is COC(=O)CC(C(C)N)C1CCC(C)CC1. The number of carbonyl (C=O) groups excluding carboxylic acids is 1. The first-order valence-electron chi connectivity index (χ1n) is 6.37. The zero-order chi connectivity index (χ0) is 12.1. The fourth-order valence-corrected chi connectivity index (χ4v) is 2.77. The minimum absolute atomic E-state index is 0.0810. The number of carbonyl (C=O) groups is 1. The van der Waals surface area contributed by atoms with E-state index in [4.69, 9.17) is 10.5 Å². The van der Waals surface area contributed by atoms with Crippen molar-refractivity contribution in [3.63, 3.8) is 0 Å². The molecule has 1 rings (SSSR count). The van der Waals surface area contributed by atoms with Gasteiger partial charge in [0.1, 0.15) is 0 Å². The number of hydrogen-bond acceptors (Lipinski definition) is 3. The minimum Gasteiger partial charge on any atom is -0.469 e. The van der Waals surface area contributed by atoms with Gasteiger partial charge in [0.15, 0.2) is 0 Å². The second-order valence-electron chi connectivity index (χ2n) is 5.32. The number of nitrogens with two attached hydrogens (primary N) is 1. The van der Waals surface area contributed by atoms with Crippen LogP contribution < -0.4 is 5.73 Å². The van der Waals surface area contributed by atoms with E-state index in [1.807, 2.05) is 6.92 Å².